The van der Waals surface area contributed by atoms with Gasteiger partial charge in [-0.1, -0.05) is 6.07 Å². The summed E-state index contributed by atoms with van der Waals surface area (Å²) in [4.78, 5) is 0. The van der Waals surface area contributed by atoms with Crippen molar-refractivity contribution in [2.75, 3.05) is 6.54 Å². The second kappa shape index (κ2) is 3.49. The summed E-state index contributed by atoms with van der Waals surface area (Å²) in [5.74, 6) is -0.764. The molecule has 82 valence electrons. The van der Waals surface area contributed by atoms with Gasteiger partial charge in [0.1, 0.15) is 0 Å². The van der Waals surface area contributed by atoms with Crippen molar-refractivity contribution in [3.05, 3.63) is 29.1 Å². The van der Waals surface area contributed by atoms with Crippen molar-refractivity contribution in [2.45, 2.75) is 32.2 Å². The van der Waals surface area contributed by atoms with Gasteiger partial charge in [-0.2, -0.15) is 0 Å². The standard InChI is InChI=1S/C12H16FNO/c1-8-6-9(7-10(15)11(8)13)12(2)4-3-5-14-12/h6-7,14-15H,3-5H2,1-2H3. The average Bonchev–Trinajstić information content (AvgIpc) is 2.62. The molecule has 2 nitrogen and oxygen atoms in total. The van der Waals surface area contributed by atoms with Crippen LogP contribution in [-0.2, 0) is 5.54 Å². The van der Waals surface area contributed by atoms with Crippen molar-refractivity contribution < 1.29 is 9.50 Å². The zero-order valence-corrected chi connectivity index (χ0v) is 9.10. The van der Waals surface area contributed by atoms with E-state index in [-0.39, 0.29) is 11.3 Å². The molecule has 0 saturated carbocycles. The van der Waals surface area contributed by atoms with Gasteiger partial charge in [-0.15, -0.1) is 0 Å². The number of halogens is 1. The lowest BCUT2D eigenvalue weighted by atomic mass is 9.89. The second-order valence-electron chi connectivity index (χ2n) is 4.49. The summed E-state index contributed by atoms with van der Waals surface area (Å²) < 4.78 is 13.3. The number of phenolic OH excluding ortho intramolecular Hbond substituents is 1. The van der Waals surface area contributed by atoms with E-state index in [0.29, 0.717) is 5.56 Å². The maximum atomic E-state index is 13.3. The lowest BCUT2D eigenvalue weighted by Crippen LogP contribution is -2.33. The quantitative estimate of drug-likeness (QED) is 0.744. The molecular formula is C12H16FNO. The van der Waals surface area contributed by atoms with Gasteiger partial charge < -0.3 is 10.4 Å². The predicted molar refractivity (Wildman–Crippen MR) is 57.4 cm³/mol. The Morgan fingerprint density at radius 2 is 2.20 bits per heavy atom. The van der Waals surface area contributed by atoms with Gasteiger partial charge in [0, 0.05) is 5.54 Å². The van der Waals surface area contributed by atoms with Crippen molar-refractivity contribution in [1.29, 1.82) is 0 Å². The molecule has 15 heavy (non-hydrogen) atoms. The minimum atomic E-state index is -0.514. The Kier molecular flexibility index (Phi) is 2.43. The van der Waals surface area contributed by atoms with Gasteiger partial charge in [0.05, 0.1) is 0 Å². The van der Waals surface area contributed by atoms with Crippen LogP contribution in [0.5, 0.6) is 5.75 Å². The van der Waals surface area contributed by atoms with Crippen molar-refractivity contribution >= 4 is 0 Å². The van der Waals surface area contributed by atoms with Gasteiger partial charge >= 0.3 is 0 Å². The topological polar surface area (TPSA) is 32.3 Å². The molecule has 1 atom stereocenters. The molecule has 1 aromatic rings. The number of nitrogens with one attached hydrogen (secondary N) is 1. The molecule has 2 rings (SSSR count). The van der Waals surface area contributed by atoms with Crippen LogP contribution in [0.1, 0.15) is 30.9 Å². The summed E-state index contributed by atoms with van der Waals surface area (Å²) in [5, 5.41) is 12.8. The zero-order chi connectivity index (χ0) is 11.1. The molecule has 1 fully saturated rings. The molecule has 0 spiro atoms. The SMILES string of the molecule is Cc1cc(C2(C)CCCN2)cc(O)c1F. The Hall–Kier alpha value is -1.09. The molecule has 1 aliphatic rings. The third-order valence-electron chi connectivity index (χ3n) is 3.24. The minimum absolute atomic E-state index is 0.115. The Morgan fingerprint density at radius 1 is 1.47 bits per heavy atom. The first-order valence-electron chi connectivity index (χ1n) is 5.27. The van der Waals surface area contributed by atoms with Crippen molar-refractivity contribution in [2.24, 2.45) is 0 Å². The third kappa shape index (κ3) is 1.72. The van der Waals surface area contributed by atoms with Crippen LogP contribution in [0.25, 0.3) is 0 Å². The second-order valence-corrected chi connectivity index (χ2v) is 4.49. The van der Waals surface area contributed by atoms with E-state index in [1.165, 1.54) is 6.07 Å². The van der Waals surface area contributed by atoms with Crippen LogP contribution in [0.4, 0.5) is 4.39 Å². The van der Waals surface area contributed by atoms with Gasteiger partial charge in [0.2, 0.25) is 0 Å². The van der Waals surface area contributed by atoms with Gasteiger partial charge in [-0.25, -0.2) is 4.39 Å². The van der Waals surface area contributed by atoms with E-state index in [2.05, 4.69) is 12.2 Å². The summed E-state index contributed by atoms with van der Waals surface area (Å²) in [6, 6.07) is 3.34. The molecular weight excluding hydrogens is 193 g/mol. The zero-order valence-electron chi connectivity index (χ0n) is 9.10. The van der Waals surface area contributed by atoms with Gasteiger partial charge in [-0.05, 0) is 50.4 Å². The molecule has 0 bridgehead atoms. The molecule has 2 N–H and O–H groups in total. The number of phenols is 1. The number of rotatable bonds is 1. The van der Waals surface area contributed by atoms with E-state index in [0.717, 1.165) is 24.9 Å². The highest BCUT2D eigenvalue weighted by Gasteiger charge is 2.30. The molecule has 1 unspecified atom stereocenters. The third-order valence-corrected chi connectivity index (χ3v) is 3.24. The molecule has 0 amide bonds. The first-order valence-corrected chi connectivity index (χ1v) is 5.27. The fraction of sp³-hybridized carbons (Fsp3) is 0.500. The maximum Gasteiger partial charge on any atom is 0.167 e. The number of aromatic hydroxyl groups is 1. The largest absolute Gasteiger partial charge is 0.505 e. The molecule has 3 heteroatoms. The van der Waals surface area contributed by atoms with E-state index in [1.54, 1.807) is 6.92 Å². The summed E-state index contributed by atoms with van der Waals surface area (Å²) in [5.41, 5.74) is 1.35. The van der Waals surface area contributed by atoms with Crippen LogP contribution in [0, 0.1) is 12.7 Å². The van der Waals surface area contributed by atoms with Crippen LogP contribution in [0.3, 0.4) is 0 Å². The normalized spacial score (nSPS) is 25.8. The first kappa shape index (κ1) is 10.4. The Morgan fingerprint density at radius 3 is 2.73 bits per heavy atom. The van der Waals surface area contributed by atoms with E-state index < -0.39 is 5.82 Å². The number of hydrogen-bond acceptors (Lipinski definition) is 2. The number of hydrogen-bond donors (Lipinski definition) is 2. The van der Waals surface area contributed by atoms with E-state index in [9.17, 15) is 9.50 Å². The molecule has 0 radical (unpaired) electrons. The Balaban J connectivity index is 2.45. The first-order chi connectivity index (χ1) is 7.03. The monoisotopic (exact) mass is 209 g/mol. The molecule has 1 aliphatic heterocycles. The highest BCUT2D eigenvalue weighted by molar-refractivity contribution is 5.38. The summed E-state index contributed by atoms with van der Waals surface area (Å²) in [7, 11) is 0. The van der Waals surface area contributed by atoms with Gasteiger partial charge in [0.25, 0.3) is 0 Å². The van der Waals surface area contributed by atoms with Crippen LogP contribution in [-0.4, -0.2) is 11.7 Å². The molecule has 0 aromatic heterocycles. The number of aryl methyl sites for hydroxylation is 1. The highest BCUT2D eigenvalue weighted by atomic mass is 19.1. The number of benzene rings is 1. The lowest BCUT2D eigenvalue weighted by Gasteiger charge is -2.25. The lowest BCUT2D eigenvalue weighted by molar-refractivity contribution is 0.409. The van der Waals surface area contributed by atoms with Crippen molar-refractivity contribution in [3.63, 3.8) is 0 Å². The van der Waals surface area contributed by atoms with E-state index in [4.69, 9.17) is 0 Å². The maximum absolute atomic E-state index is 13.3. The van der Waals surface area contributed by atoms with Crippen LogP contribution >= 0.6 is 0 Å². The molecule has 0 aliphatic carbocycles. The fourth-order valence-corrected chi connectivity index (χ4v) is 2.21. The van der Waals surface area contributed by atoms with Crippen LogP contribution < -0.4 is 5.32 Å². The molecule has 1 aromatic carbocycles. The van der Waals surface area contributed by atoms with Crippen molar-refractivity contribution in [3.8, 4) is 5.75 Å². The fourth-order valence-electron chi connectivity index (χ4n) is 2.21. The van der Waals surface area contributed by atoms with E-state index >= 15 is 0 Å². The minimum Gasteiger partial charge on any atom is -0.505 e. The van der Waals surface area contributed by atoms with Crippen molar-refractivity contribution in [1.82, 2.24) is 5.32 Å². The summed E-state index contributed by atoms with van der Waals surface area (Å²) in [6.45, 7) is 4.75. The summed E-state index contributed by atoms with van der Waals surface area (Å²) in [6.07, 6.45) is 2.14. The van der Waals surface area contributed by atoms with Crippen LogP contribution in [0.15, 0.2) is 12.1 Å². The highest BCUT2D eigenvalue weighted by Crippen LogP contribution is 2.34. The Bertz CT molecular complexity index is 360. The van der Waals surface area contributed by atoms with E-state index in [1.807, 2.05) is 6.07 Å². The van der Waals surface area contributed by atoms with Gasteiger partial charge in [0.15, 0.2) is 11.6 Å². The molecule has 1 saturated heterocycles. The smallest absolute Gasteiger partial charge is 0.167 e. The summed E-state index contributed by atoms with van der Waals surface area (Å²) >= 11 is 0. The predicted octanol–water partition coefficient (Wildman–Crippen LogP) is 2.44. The van der Waals surface area contributed by atoms with Gasteiger partial charge in [-0.3, -0.25) is 0 Å². The van der Waals surface area contributed by atoms with Crippen LogP contribution in [0.2, 0.25) is 0 Å². The molecule has 1 heterocycles. The average molecular weight is 209 g/mol. The Labute approximate surface area is 89.1 Å².